The van der Waals surface area contributed by atoms with E-state index in [1.807, 2.05) is 4.90 Å². The first-order valence-electron chi connectivity index (χ1n) is 7.25. The Labute approximate surface area is 119 Å². The molecule has 2 aliphatic rings. The quantitative estimate of drug-likeness (QED) is 0.367. The van der Waals surface area contributed by atoms with Gasteiger partial charge in [-0.25, -0.2) is 0 Å². The van der Waals surface area contributed by atoms with Crippen LogP contribution in [0.3, 0.4) is 0 Å². The highest BCUT2D eigenvalue weighted by Gasteiger charge is 2.37. The Morgan fingerprint density at radius 3 is 2.70 bits per heavy atom. The summed E-state index contributed by atoms with van der Waals surface area (Å²) < 4.78 is 0. The number of hydrogen-bond acceptors (Lipinski definition) is 3. The molecular weight excluding hydrogens is 252 g/mol. The van der Waals surface area contributed by atoms with Crippen molar-refractivity contribution in [2.45, 2.75) is 13.0 Å². The zero-order valence-corrected chi connectivity index (χ0v) is 11.7. The highest BCUT2D eigenvalue weighted by molar-refractivity contribution is 5.77. The normalized spacial score (nSPS) is 27.6. The number of hydrogen-bond donors (Lipinski definition) is 2. The van der Waals surface area contributed by atoms with Crippen molar-refractivity contribution in [3.05, 3.63) is 35.9 Å². The van der Waals surface area contributed by atoms with Crippen LogP contribution in [0.5, 0.6) is 0 Å². The van der Waals surface area contributed by atoms with Crippen LogP contribution in [0.4, 0.5) is 0 Å². The van der Waals surface area contributed by atoms with E-state index in [4.69, 9.17) is 10.9 Å². The molecule has 3 rings (SSSR count). The van der Waals surface area contributed by atoms with Crippen molar-refractivity contribution in [3.8, 4) is 0 Å². The lowest BCUT2D eigenvalue weighted by Crippen LogP contribution is -2.39. The zero-order chi connectivity index (χ0) is 13.9. The molecule has 0 aliphatic carbocycles. The van der Waals surface area contributed by atoms with Crippen molar-refractivity contribution in [2.24, 2.45) is 22.7 Å². The van der Waals surface area contributed by atoms with Crippen LogP contribution < -0.4 is 5.73 Å². The molecule has 0 amide bonds. The van der Waals surface area contributed by atoms with Crippen molar-refractivity contribution in [3.63, 3.8) is 0 Å². The monoisotopic (exact) mass is 274 g/mol. The van der Waals surface area contributed by atoms with E-state index in [1.165, 1.54) is 12.0 Å². The first-order valence-corrected chi connectivity index (χ1v) is 7.25. The van der Waals surface area contributed by atoms with Crippen molar-refractivity contribution in [1.29, 1.82) is 0 Å². The van der Waals surface area contributed by atoms with E-state index in [0.717, 1.165) is 32.7 Å². The Balaban J connectivity index is 1.59. The second kappa shape index (κ2) is 5.71. The van der Waals surface area contributed by atoms with Gasteiger partial charge in [-0.2, -0.15) is 0 Å². The van der Waals surface area contributed by atoms with Crippen LogP contribution in [0.25, 0.3) is 0 Å². The smallest absolute Gasteiger partial charge is 0.233 e. The van der Waals surface area contributed by atoms with E-state index in [0.29, 0.717) is 11.8 Å². The van der Waals surface area contributed by atoms with Crippen molar-refractivity contribution < 1.29 is 5.21 Å². The second-order valence-corrected chi connectivity index (χ2v) is 5.89. The highest BCUT2D eigenvalue weighted by Crippen LogP contribution is 2.31. The maximum absolute atomic E-state index is 8.79. The van der Waals surface area contributed by atoms with Crippen molar-refractivity contribution in [1.82, 2.24) is 9.80 Å². The van der Waals surface area contributed by atoms with E-state index < -0.39 is 0 Å². The van der Waals surface area contributed by atoms with E-state index in [2.05, 4.69) is 40.4 Å². The van der Waals surface area contributed by atoms with Gasteiger partial charge >= 0.3 is 0 Å². The predicted octanol–water partition coefficient (Wildman–Crippen LogP) is 1.14. The molecule has 2 atom stereocenters. The van der Waals surface area contributed by atoms with E-state index in [1.54, 1.807) is 0 Å². The average molecular weight is 274 g/mol. The van der Waals surface area contributed by atoms with Crippen molar-refractivity contribution >= 4 is 5.96 Å². The van der Waals surface area contributed by atoms with Gasteiger partial charge in [0.05, 0.1) is 0 Å². The summed E-state index contributed by atoms with van der Waals surface area (Å²) >= 11 is 0. The van der Waals surface area contributed by atoms with Crippen molar-refractivity contribution in [2.75, 3.05) is 26.2 Å². The predicted molar refractivity (Wildman–Crippen MR) is 78.3 cm³/mol. The van der Waals surface area contributed by atoms with Crippen LogP contribution in [0.2, 0.25) is 0 Å². The van der Waals surface area contributed by atoms with Crippen LogP contribution in [-0.4, -0.2) is 47.1 Å². The third-order valence-electron chi connectivity index (χ3n) is 4.56. The second-order valence-electron chi connectivity index (χ2n) is 5.89. The van der Waals surface area contributed by atoms with E-state index in [-0.39, 0.29) is 5.96 Å². The molecule has 2 unspecified atom stereocenters. The molecule has 0 radical (unpaired) electrons. The summed E-state index contributed by atoms with van der Waals surface area (Å²) in [6.45, 7) is 5.11. The molecule has 0 spiro atoms. The topological polar surface area (TPSA) is 65.1 Å². The standard InChI is InChI=1S/C15H22N4O/c16-15(17-20)19-10-13-6-7-18(9-14(13)11-19)8-12-4-2-1-3-5-12/h1-5,13-14,20H,6-11H2,(H2,16,17). The number of guanidine groups is 1. The van der Waals surface area contributed by atoms with Gasteiger partial charge in [-0.3, -0.25) is 4.90 Å². The number of rotatable bonds is 2. The lowest BCUT2D eigenvalue weighted by atomic mass is 9.88. The van der Waals surface area contributed by atoms with Crippen LogP contribution in [0, 0.1) is 11.8 Å². The first-order chi connectivity index (χ1) is 9.76. The Bertz CT molecular complexity index is 476. The third-order valence-corrected chi connectivity index (χ3v) is 4.56. The Hall–Kier alpha value is -1.75. The van der Waals surface area contributed by atoms with Crippen LogP contribution in [0.15, 0.2) is 35.5 Å². The van der Waals surface area contributed by atoms with Gasteiger partial charge < -0.3 is 15.8 Å². The Morgan fingerprint density at radius 2 is 1.95 bits per heavy atom. The summed E-state index contributed by atoms with van der Waals surface area (Å²) in [5.41, 5.74) is 7.08. The number of nitrogens with two attached hydrogens (primary N) is 1. The van der Waals surface area contributed by atoms with Crippen LogP contribution in [-0.2, 0) is 6.54 Å². The summed E-state index contributed by atoms with van der Waals surface area (Å²) in [6.07, 6.45) is 1.20. The number of benzene rings is 1. The largest absolute Gasteiger partial charge is 0.408 e. The maximum atomic E-state index is 8.79. The number of likely N-dealkylation sites (tertiary alicyclic amines) is 2. The molecule has 1 aromatic rings. The Kier molecular flexibility index (Phi) is 3.78. The molecule has 20 heavy (non-hydrogen) atoms. The molecule has 2 aliphatic heterocycles. The highest BCUT2D eigenvalue weighted by atomic mass is 16.4. The average Bonchev–Trinajstić information content (AvgIpc) is 2.90. The summed E-state index contributed by atoms with van der Waals surface area (Å²) in [4.78, 5) is 4.52. The van der Waals surface area contributed by atoms with Gasteiger partial charge in [-0.05, 0) is 30.4 Å². The molecule has 108 valence electrons. The van der Waals surface area contributed by atoms with Gasteiger partial charge in [0, 0.05) is 26.2 Å². The minimum absolute atomic E-state index is 0.258. The molecule has 5 nitrogen and oxygen atoms in total. The van der Waals surface area contributed by atoms with Gasteiger partial charge in [-0.15, -0.1) is 0 Å². The maximum Gasteiger partial charge on any atom is 0.233 e. The molecule has 0 aromatic heterocycles. The summed E-state index contributed by atoms with van der Waals surface area (Å²) in [7, 11) is 0. The fraction of sp³-hybridized carbons (Fsp3) is 0.533. The number of piperidine rings is 1. The van der Waals surface area contributed by atoms with Crippen LogP contribution >= 0.6 is 0 Å². The molecule has 2 fully saturated rings. The summed E-state index contributed by atoms with van der Waals surface area (Å²) in [6, 6.07) is 10.6. The number of oxime groups is 1. The van der Waals surface area contributed by atoms with Gasteiger partial charge in [0.2, 0.25) is 5.96 Å². The first kappa shape index (κ1) is 13.2. The molecule has 0 bridgehead atoms. The third kappa shape index (κ3) is 2.72. The molecule has 2 saturated heterocycles. The minimum Gasteiger partial charge on any atom is -0.408 e. The molecular formula is C15H22N4O. The fourth-order valence-corrected chi connectivity index (χ4v) is 3.48. The summed E-state index contributed by atoms with van der Waals surface area (Å²) in [5.74, 6) is 1.57. The number of nitrogens with zero attached hydrogens (tertiary/aromatic N) is 3. The van der Waals surface area contributed by atoms with E-state index in [9.17, 15) is 0 Å². The fourth-order valence-electron chi connectivity index (χ4n) is 3.48. The minimum atomic E-state index is 0.258. The van der Waals surface area contributed by atoms with Gasteiger partial charge in [0.1, 0.15) is 0 Å². The Morgan fingerprint density at radius 1 is 1.20 bits per heavy atom. The lowest BCUT2D eigenvalue weighted by Gasteiger charge is -2.34. The molecule has 3 N–H and O–H groups in total. The SMILES string of the molecule is N/C(=N/O)N1CC2CCN(Cc3ccccc3)CC2C1. The molecule has 5 heteroatoms. The summed E-state index contributed by atoms with van der Waals surface area (Å²) in [5, 5.41) is 11.9. The molecule has 2 heterocycles. The van der Waals surface area contributed by atoms with Gasteiger partial charge in [-0.1, -0.05) is 35.5 Å². The van der Waals surface area contributed by atoms with Gasteiger partial charge in [0.25, 0.3) is 0 Å². The lowest BCUT2D eigenvalue weighted by molar-refractivity contribution is 0.142. The number of fused-ring (bicyclic) bond motifs is 1. The van der Waals surface area contributed by atoms with Crippen LogP contribution in [0.1, 0.15) is 12.0 Å². The molecule has 1 aromatic carbocycles. The molecule has 0 saturated carbocycles. The van der Waals surface area contributed by atoms with E-state index >= 15 is 0 Å². The zero-order valence-electron chi connectivity index (χ0n) is 11.7. The van der Waals surface area contributed by atoms with Gasteiger partial charge in [0.15, 0.2) is 0 Å².